The molecule has 1 aromatic carbocycles. The molecule has 1 N–H and O–H groups in total. The number of nitrogens with one attached hydrogen (secondary N) is 1. The molecule has 0 saturated carbocycles. The fourth-order valence-corrected chi connectivity index (χ4v) is 2.39. The highest BCUT2D eigenvalue weighted by Gasteiger charge is 2.13. The zero-order valence-electron chi connectivity index (χ0n) is 13.9. The molecule has 0 bridgehead atoms. The van der Waals surface area contributed by atoms with Crippen LogP contribution in [0.5, 0.6) is 0 Å². The van der Waals surface area contributed by atoms with E-state index >= 15 is 0 Å². The lowest BCUT2D eigenvalue weighted by Crippen LogP contribution is -2.09. The number of hydrogen-bond donors (Lipinski definition) is 1. The molecule has 2 heterocycles. The van der Waals surface area contributed by atoms with Gasteiger partial charge >= 0.3 is 5.97 Å². The molecule has 0 spiro atoms. The van der Waals surface area contributed by atoms with Gasteiger partial charge in [-0.05, 0) is 32.4 Å². The van der Waals surface area contributed by atoms with E-state index in [0.717, 1.165) is 22.2 Å². The van der Waals surface area contributed by atoms with Gasteiger partial charge in [-0.3, -0.25) is 5.32 Å². The molecule has 0 aliphatic heterocycles. The standard InChI is InChI=1S/C17H17N5O2/c1-9-5-6-12-10(2)20-17(21-14(12)7-9)22-16-18-8-13(11(3)19-16)15(23)24-4/h5-8H,1-4H3,(H,18,19,20,21,22). The van der Waals surface area contributed by atoms with E-state index in [4.69, 9.17) is 0 Å². The first-order chi connectivity index (χ1) is 11.5. The van der Waals surface area contributed by atoms with Crippen molar-refractivity contribution in [2.75, 3.05) is 12.4 Å². The zero-order valence-corrected chi connectivity index (χ0v) is 13.9. The molecule has 24 heavy (non-hydrogen) atoms. The van der Waals surface area contributed by atoms with Crippen LogP contribution in [0.15, 0.2) is 24.4 Å². The third-order valence-electron chi connectivity index (χ3n) is 3.65. The van der Waals surface area contributed by atoms with Crippen LogP contribution in [0, 0.1) is 20.8 Å². The maximum absolute atomic E-state index is 11.6. The van der Waals surface area contributed by atoms with Crippen LogP contribution >= 0.6 is 0 Å². The van der Waals surface area contributed by atoms with Crippen LogP contribution in [-0.2, 0) is 4.74 Å². The summed E-state index contributed by atoms with van der Waals surface area (Å²) in [6, 6.07) is 6.04. The second kappa shape index (κ2) is 6.19. The lowest BCUT2D eigenvalue weighted by Gasteiger charge is -2.09. The van der Waals surface area contributed by atoms with Crippen LogP contribution in [0.1, 0.15) is 27.3 Å². The summed E-state index contributed by atoms with van der Waals surface area (Å²) >= 11 is 0. The Labute approximate surface area is 139 Å². The number of fused-ring (bicyclic) bond motifs is 1. The highest BCUT2D eigenvalue weighted by atomic mass is 16.5. The molecule has 7 heteroatoms. The van der Waals surface area contributed by atoms with Crippen LogP contribution in [0.4, 0.5) is 11.9 Å². The Morgan fingerprint density at radius 1 is 1.04 bits per heavy atom. The van der Waals surface area contributed by atoms with Crippen molar-refractivity contribution in [3.63, 3.8) is 0 Å². The van der Waals surface area contributed by atoms with Crippen molar-refractivity contribution >= 4 is 28.8 Å². The number of nitrogens with zero attached hydrogens (tertiary/aromatic N) is 4. The summed E-state index contributed by atoms with van der Waals surface area (Å²) < 4.78 is 4.69. The average molecular weight is 323 g/mol. The first-order valence-electron chi connectivity index (χ1n) is 7.42. The van der Waals surface area contributed by atoms with Gasteiger partial charge in [-0.2, -0.15) is 0 Å². The fourth-order valence-electron chi connectivity index (χ4n) is 2.39. The molecule has 3 rings (SSSR count). The molecule has 2 aromatic heterocycles. The molecule has 122 valence electrons. The molecule has 0 aliphatic rings. The van der Waals surface area contributed by atoms with Crippen molar-refractivity contribution in [1.29, 1.82) is 0 Å². The number of methoxy groups -OCH3 is 1. The van der Waals surface area contributed by atoms with Crippen molar-refractivity contribution in [3.8, 4) is 0 Å². The largest absolute Gasteiger partial charge is 0.465 e. The van der Waals surface area contributed by atoms with E-state index in [-0.39, 0.29) is 0 Å². The number of esters is 1. The van der Waals surface area contributed by atoms with Crippen molar-refractivity contribution in [2.45, 2.75) is 20.8 Å². The van der Waals surface area contributed by atoms with Crippen LogP contribution < -0.4 is 5.32 Å². The molecule has 0 radical (unpaired) electrons. The number of carbonyl (C=O) groups excluding carboxylic acids is 1. The van der Waals surface area contributed by atoms with Gasteiger partial charge in [0.2, 0.25) is 11.9 Å². The molecule has 0 fully saturated rings. The summed E-state index contributed by atoms with van der Waals surface area (Å²) in [7, 11) is 1.32. The van der Waals surface area contributed by atoms with Gasteiger partial charge < -0.3 is 4.74 Å². The quantitative estimate of drug-likeness (QED) is 0.741. The van der Waals surface area contributed by atoms with Gasteiger partial charge in [0.25, 0.3) is 0 Å². The second-order valence-corrected chi connectivity index (χ2v) is 5.46. The summed E-state index contributed by atoms with van der Waals surface area (Å²) in [4.78, 5) is 28.9. The van der Waals surface area contributed by atoms with Gasteiger partial charge in [-0.1, -0.05) is 12.1 Å². The maximum Gasteiger partial charge on any atom is 0.341 e. The molecule has 0 saturated heterocycles. The van der Waals surface area contributed by atoms with Crippen molar-refractivity contribution in [3.05, 3.63) is 46.9 Å². The van der Waals surface area contributed by atoms with Crippen molar-refractivity contribution < 1.29 is 9.53 Å². The Hall–Kier alpha value is -3.09. The van der Waals surface area contributed by atoms with Gasteiger partial charge in [-0.25, -0.2) is 24.7 Å². The summed E-state index contributed by atoms with van der Waals surface area (Å²) in [6.07, 6.45) is 1.43. The molecule has 7 nitrogen and oxygen atoms in total. The normalized spacial score (nSPS) is 10.7. The van der Waals surface area contributed by atoms with Crippen LogP contribution in [-0.4, -0.2) is 33.0 Å². The van der Waals surface area contributed by atoms with E-state index < -0.39 is 5.97 Å². The van der Waals surface area contributed by atoms with Gasteiger partial charge in [0.1, 0.15) is 0 Å². The lowest BCUT2D eigenvalue weighted by atomic mass is 10.1. The Balaban J connectivity index is 1.95. The molecule has 3 aromatic rings. The molecular formula is C17H17N5O2. The summed E-state index contributed by atoms with van der Waals surface area (Å²) in [5.74, 6) is 0.273. The monoisotopic (exact) mass is 323 g/mol. The van der Waals surface area contributed by atoms with E-state index in [2.05, 4.69) is 30.0 Å². The number of aromatic nitrogens is 4. The smallest absolute Gasteiger partial charge is 0.341 e. The van der Waals surface area contributed by atoms with Gasteiger partial charge in [0, 0.05) is 11.6 Å². The number of ether oxygens (including phenoxy) is 1. The number of aryl methyl sites for hydroxylation is 3. The van der Waals surface area contributed by atoms with Crippen LogP contribution in [0.2, 0.25) is 0 Å². The van der Waals surface area contributed by atoms with Crippen LogP contribution in [0.3, 0.4) is 0 Å². The lowest BCUT2D eigenvalue weighted by molar-refractivity contribution is 0.0599. The first-order valence-corrected chi connectivity index (χ1v) is 7.42. The van der Waals surface area contributed by atoms with E-state index in [0.29, 0.717) is 23.2 Å². The molecule has 0 atom stereocenters. The topological polar surface area (TPSA) is 89.9 Å². The van der Waals surface area contributed by atoms with Gasteiger partial charge in [0.15, 0.2) is 0 Å². The van der Waals surface area contributed by atoms with E-state index in [1.165, 1.54) is 13.3 Å². The predicted octanol–water partition coefficient (Wildman–Crippen LogP) is 2.88. The minimum Gasteiger partial charge on any atom is -0.465 e. The van der Waals surface area contributed by atoms with E-state index in [1.807, 2.05) is 32.0 Å². The third kappa shape index (κ3) is 3.01. The summed E-state index contributed by atoms with van der Waals surface area (Å²) in [5.41, 5.74) is 3.70. The molecule has 0 amide bonds. The van der Waals surface area contributed by atoms with Crippen LogP contribution in [0.25, 0.3) is 10.9 Å². The number of anilines is 2. The minimum absolute atomic E-state index is 0.326. The summed E-state index contributed by atoms with van der Waals surface area (Å²) in [5, 5.41) is 3.99. The summed E-state index contributed by atoms with van der Waals surface area (Å²) in [6.45, 7) is 5.66. The van der Waals surface area contributed by atoms with E-state index in [9.17, 15) is 4.79 Å². The highest BCUT2D eigenvalue weighted by Crippen LogP contribution is 2.20. The maximum atomic E-state index is 11.6. The number of carbonyl (C=O) groups is 1. The molecular weight excluding hydrogens is 306 g/mol. The van der Waals surface area contributed by atoms with Crippen molar-refractivity contribution in [1.82, 2.24) is 19.9 Å². The number of rotatable bonds is 3. The predicted molar refractivity (Wildman–Crippen MR) is 90.4 cm³/mol. The van der Waals surface area contributed by atoms with Gasteiger partial charge in [-0.15, -0.1) is 0 Å². The minimum atomic E-state index is -0.465. The Morgan fingerprint density at radius 3 is 2.50 bits per heavy atom. The fraction of sp³-hybridized carbons (Fsp3) is 0.235. The second-order valence-electron chi connectivity index (χ2n) is 5.46. The Bertz CT molecular complexity index is 940. The first kappa shape index (κ1) is 15.8. The Morgan fingerprint density at radius 2 is 1.79 bits per heavy atom. The van der Waals surface area contributed by atoms with E-state index in [1.54, 1.807) is 6.92 Å². The number of hydrogen-bond acceptors (Lipinski definition) is 7. The third-order valence-corrected chi connectivity index (χ3v) is 3.65. The zero-order chi connectivity index (χ0) is 17.3. The van der Waals surface area contributed by atoms with Crippen molar-refractivity contribution in [2.24, 2.45) is 0 Å². The Kier molecular flexibility index (Phi) is 4.07. The highest BCUT2D eigenvalue weighted by molar-refractivity contribution is 5.90. The molecule has 0 aliphatic carbocycles. The van der Waals surface area contributed by atoms with Gasteiger partial charge in [0.05, 0.1) is 29.6 Å². The average Bonchev–Trinajstić information content (AvgIpc) is 2.54. The number of benzene rings is 1. The molecule has 0 unspecified atom stereocenters. The SMILES string of the molecule is COC(=O)c1cnc(Nc2nc(C)c3ccc(C)cc3n2)nc1C.